The van der Waals surface area contributed by atoms with Crippen molar-refractivity contribution in [1.82, 2.24) is 0 Å². The summed E-state index contributed by atoms with van der Waals surface area (Å²) in [7, 11) is 0. The Morgan fingerprint density at radius 1 is 0.722 bits per heavy atom. The van der Waals surface area contributed by atoms with Crippen molar-refractivity contribution in [2.75, 3.05) is 37.1 Å². The number of ether oxygens (including phenoxy) is 2. The van der Waals surface area contributed by atoms with Crippen LogP contribution >= 0.6 is 0 Å². The molecule has 0 bridgehead atoms. The molecule has 0 saturated carbocycles. The lowest BCUT2D eigenvalue weighted by atomic mass is 10.2. The number of benzene rings is 2. The number of aliphatic hydroxyl groups excluding tert-OH is 2. The molecule has 0 spiro atoms. The summed E-state index contributed by atoms with van der Waals surface area (Å²) in [6, 6.07) is 15.1. The molecular weight excluding hydrogens is 460 g/mol. The largest absolute Gasteiger partial charge is 0.450 e. The van der Waals surface area contributed by atoms with Gasteiger partial charge < -0.3 is 19.7 Å². The highest BCUT2D eigenvalue weighted by atomic mass is 16.6. The summed E-state index contributed by atoms with van der Waals surface area (Å²) in [6.07, 6.45) is 0.121. The van der Waals surface area contributed by atoms with Gasteiger partial charge in [-0.3, -0.25) is 10.6 Å². The first-order chi connectivity index (χ1) is 17.4. The number of aryl methyl sites for hydroxylation is 2. The van der Waals surface area contributed by atoms with Crippen molar-refractivity contribution in [3.05, 3.63) is 59.7 Å². The van der Waals surface area contributed by atoms with Crippen molar-refractivity contribution in [1.29, 1.82) is 0 Å². The van der Waals surface area contributed by atoms with Crippen molar-refractivity contribution in [3.8, 4) is 23.7 Å². The first-order valence-electron chi connectivity index (χ1n) is 11.6. The maximum atomic E-state index is 11.0. The van der Waals surface area contributed by atoms with Gasteiger partial charge in [0.2, 0.25) is 0 Å². The number of carbonyl (C=O) groups excluding carboxylic acids is 2. The van der Waals surface area contributed by atoms with E-state index in [2.05, 4.69) is 34.3 Å². The molecule has 0 aliphatic carbocycles. The number of nitrogens with one attached hydrogen (secondary N) is 2. The zero-order valence-corrected chi connectivity index (χ0v) is 21.4. The van der Waals surface area contributed by atoms with E-state index in [1.807, 2.05) is 62.4 Å². The maximum Gasteiger partial charge on any atom is 0.411 e. The molecule has 36 heavy (non-hydrogen) atoms. The van der Waals surface area contributed by atoms with Gasteiger partial charge in [0.05, 0.1) is 26.4 Å². The smallest absolute Gasteiger partial charge is 0.411 e. The van der Waals surface area contributed by atoms with Gasteiger partial charge in [0.25, 0.3) is 0 Å². The molecule has 0 unspecified atom stereocenters. The predicted molar refractivity (Wildman–Crippen MR) is 143 cm³/mol. The number of aliphatic hydroxyl groups is 2. The second-order valence-corrected chi connectivity index (χ2v) is 6.87. The summed E-state index contributed by atoms with van der Waals surface area (Å²) in [5.41, 5.74) is 3.63. The van der Waals surface area contributed by atoms with Gasteiger partial charge in [0, 0.05) is 24.2 Å². The van der Waals surface area contributed by atoms with Gasteiger partial charge in [-0.25, -0.2) is 9.59 Å². The highest BCUT2D eigenvalue weighted by molar-refractivity contribution is 5.86. The quantitative estimate of drug-likeness (QED) is 0.423. The lowest BCUT2D eigenvalue weighted by Crippen LogP contribution is -2.13. The Kier molecular flexibility index (Phi) is 19.2. The molecule has 0 saturated heterocycles. The van der Waals surface area contributed by atoms with Crippen molar-refractivity contribution in [2.24, 2.45) is 0 Å². The summed E-state index contributed by atoms with van der Waals surface area (Å²) in [5, 5.41) is 21.9. The number of rotatable bonds is 6. The molecule has 0 aliphatic rings. The third kappa shape index (κ3) is 16.6. The minimum Gasteiger partial charge on any atom is -0.450 e. The number of hydrogen-bond acceptors (Lipinski definition) is 6. The molecule has 4 N–H and O–H groups in total. The average Bonchev–Trinajstić information content (AvgIpc) is 2.85. The minimum atomic E-state index is -0.406. The van der Waals surface area contributed by atoms with Crippen LogP contribution in [0.5, 0.6) is 0 Å². The molecule has 0 aliphatic heterocycles. The fourth-order valence-electron chi connectivity index (χ4n) is 2.31. The highest BCUT2D eigenvalue weighted by Crippen LogP contribution is 2.13. The van der Waals surface area contributed by atoms with E-state index in [4.69, 9.17) is 19.7 Å². The molecular formula is C28H36N2O6. The molecule has 0 heterocycles. The molecule has 2 rings (SSSR count). The molecule has 2 aromatic carbocycles. The fraction of sp³-hybridized carbons (Fsp3) is 0.357. The zero-order valence-electron chi connectivity index (χ0n) is 21.4. The van der Waals surface area contributed by atoms with E-state index in [0.717, 1.165) is 22.5 Å². The van der Waals surface area contributed by atoms with Gasteiger partial charge >= 0.3 is 12.2 Å². The van der Waals surface area contributed by atoms with Gasteiger partial charge in [0.15, 0.2) is 0 Å². The molecule has 8 nitrogen and oxygen atoms in total. The van der Waals surface area contributed by atoms with Crippen LogP contribution in [-0.4, -0.2) is 48.8 Å². The predicted octanol–water partition coefficient (Wildman–Crippen LogP) is 4.88. The topological polar surface area (TPSA) is 117 Å². The Balaban J connectivity index is 0.000000517. The average molecular weight is 497 g/mol. The lowest BCUT2D eigenvalue weighted by Gasteiger charge is -2.06. The van der Waals surface area contributed by atoms with Crippen LogP contribution in [0, 0.1) is 37.5 Å². The van der Waals surface area contributed by atoms with E-state index in [1.165, 1.54) is 0 Å². The first-order valence-corrected chi connectivity index (χ1v) is 11.6. The van der Waals surface area contributed by atoms with Crippen molar-refractivity contribution < 1.29 is 29.3 Å². The third-order valence-corrected chi connectivity index (χ3v) is 4.03. The molecule has 0 aromatic heterocycles. The van der Waals surface area contributed by atoms with Gasteiger partial charge in [-0.2, -0.15) is 0 Å². The summed E-state index contributed by atoms with van der Waals surface area (Å²) in [5.74, 6) is 10.4. The summed E-state index contributed by atoms with van der Waals surface area (Å²) >= 11 is 0. The van der Waals surface area contributed by atoms with Crippen LogP contribution < -0.4 is 10.6 Å². The molecule has 0 atom stereocenters. The van der Waals surface area contributed by atoms with E-state index in [9.17, 15) is 9.59 Å². The Morgan fingerprint density at radius 3 is 1.39 bits per heavy atom. The Bertz CT molecular complexity index is 948. The second kappa shape index (κ2) is 21.5. The molecule has 2 amide bonds. The van der Waals surface area contributed by atoms with Crippen molar-refractivity contribution in [2.45, 2.75) is 40.5 Å². The zero-order chi connectivity index (χ0) is 27.0. The first kappa shape index (κ1) is 32.0. The number of para-hydroxylation sites is 2. The number of amides is 2. The summed E-state index contributed by atoms with van der Waals surface area (Å²) < 4.78 is 9.50. The molecule has 194 valence electrons. The summed E-state index contributed by atoms with van der Waals surface area (Å²) in [6.45, 7) is 8.34. The van der Waals surface area contributed by atoms with Crippen molar-refractivity contribution in [3.63, 3.8) is 0 Å². The maximum absolute atomic E-state index is 11.0. The Labute approximate surface area is 214 Å². The molecule has 8 heteroatoms. The van der Waals surface area contributed by atoms with E-state index < -0.39 is 12.2 Å². The SMILES string of the molecule is CCOC(=O)Nc1ccccc1C.CCOC(=O)Nc1ccccc1C.OCCC#CC#CCCO. The lowest BCUT2D eigenvalue weighted by molar-refractivity contribution is 0.167. The minimum absolute atomic E-state index is 0.0781. The van der Waals surface area contributed by atoms with Crippen molar-refractivity contribution >= 4 is 23.6 Å². The van der Waals surface area contributed by atoms with E-state index in [0.29, 0.717) is 26.1 Å². The van der Waals surface area contributed by atoms with Gasteiger partial charge in [-0.15, -0.1) is 0 Å². The fourth-order valence-corrected chi connectivity index (χ4v) is 2.31. The second-order valence-electron chi connectivity index (χ2n) is 6.87. The molecule has 0 radical (unpaired) electrons. The molecule has 0 fully saturated rings. The van der Waals surface area contributed by atoms with Gasteiger partial charge in [-0.05, 0) is 62.8 Å². The van der Waals surface area contributed by atoms with Crippen LogP contribution in [-0.2, 0) is 9.47 Å². The monoisotopic (exact) mass is 496 g/mol. The highest BCUT2D eigenvalue weighted by Gasteiger charge is 2.03. The van der Waals surface area contributed by atoms with Crippen LogP contribution in [0.2, 0.25) is 0 Å². The summed E-state index contributed by atoms with van der Waals surface area (Å²) in [4.78, 5) is 22.1. The van der Waals surface area contributed by atoms with Gasteiger partial charge in [-0.1, -0.05) is 48.2 Å². The standard InChI is InChI=1S/2C10H13NO2.C8H10O2/c2*1-3-13-10(12)11-9-7-5-4-6-8(9)2;9-7-5-3-1-2-4-6-8-10/h2*4-7H,3H2,1-2H3,(H,11,12);9-10H,5-8H2. The number of hydrogen-bond donors (Lipinski definition) is 4. The van der Waals surface area contributed by atoms with E-state index in [1.54, 1.807) is 13.8 Å². The third-order valence-electron chi connectivity index (χ3n) is 4.03. The molecule has 2 aromatic rings. The number of anilines is 2. The van der Waals surface area contributed by atoms with E-state index in [-0.39, 0.29) is 13.2 Å². The van der Waals surface area contributed by atoms with Crippen LogP contribution in [0.4, 0.5) is 21.0 Å². The Hall–Kier alpha value is -3.98. The van der Waals surface area contributed by atoms with Gasteiger partial charge in [0.1, 0.15) is 0 Å². The van der Waals surface area contributed by atoms with E-state index >= 15 is 0 Å². The Morgan fingerprint density at radius 2 is 1.08 bits per heavy atom. The normalized spacial score (nSPS) is 8.72. The van der Waals surface area contributed by atoms with Crippen LogP contribution in [0.1, 0.15) is 37.8 Å². The van der Waals surface area contributed by atoms with Crippen LogP contribution in [0.25, 0.3) is 0 Å². The number of carbonyl (C=O) groups is 2. The van der Waals surface area contributed by atoms with Crippen LogP contribution in [0.15, 0.2) is 48.5 Å². The van der Waals surface area contributed by atoms with Crippen LogP contribution in [0.3, 0.4) is 0 Å².